The van der Waals surface area contributed by atoms with E-state index in [2.05, 4.69) is 10.6 Å². The summed E-state index contributed by atoms with van der Waals surface area (Å²) in [6.45, 7) is 6.57. The van der Waals surface area contributed by atoms with E-state index in [4.69, 9.17) is 12.2 Å². The van der Waals surface area contributed by atoms with Crippen molar-refractivity contribution in [3.05, 3.63) is 54.1 Å². The standard InChI is InChI=1S/C18H23N3O2S2/c1-4-21(5-2)25(22,23)17-12-10-16(11-13-17)20-18(24)19-15-8-6-14(3)7-9-15/h6-13H,4-5H2,1-3H3,(H2,19,20,24). The van der Waals surface area contributed by atoms with Gasteiger partial charge < -0.3 is 10.6 Å². The number of thiocarbonyl (C=S) groups is 1. The second-order valence-corrected chi connectivity index (χ2v) is 7.91. The van der Waals surface area contributed by atoms with E-state index in [0.29, 0.717) is 18.2 Å². The Bertz CT molecular complexity index is 812. The van der Waals surface area contributed by atoms with Crippen molar-refractivity contribution >= 4 is 38.7 Å². The highest BCUT2D eigenvalue weighted by Crippen LogP contribution is 2.18. The van der Waals surface area contributed by atoms with Gasteiger partial charge in [-0.15, -0.1) is 0 Å². The summed E-state index contributed by atoms with van der Waals surface area (Å²) in [4.78, 5) is 0.277. The number of sulfonamides is 1. The molecule has 2 rings (SSSR count). The zero-order valence-electron chi connectivity index (χ0n) is 14.6. The first-order valence-electron chi connectivity index (χ1n) is 8.11. The van der Waals surface area contributed by atoms with Crippen LogP contribution in [0.25, 0.3) is 0 Å². The van der Waals surface area contributed by atoms with Crippen LogP contribution in [0.2, 0.25) is 0 Å². The fourth-order valence-corrected chi connectivity index (χ4v) is 4.05. The minimum absolute atomic E-state index is 0.277. The molecular formula is C18H23N3O2S2. The summed E-state index contributed by atoms with van der Waals surface area (Å²) in [7, 11) is -3.44. The Labute approximate surface area is 155 Å². The van der Waals surface area contributed by atoms with Gasteiger partial charge in [-0.2, -0.15) is 4.31 Å². The van der Waals surface area contributed by atoms with E-state index in [9.17, 15) is 8.42 Å². The van der Waals surface area contributed by atoms with Gasteiger partial charge in [-0.3, -0.25) is 0 Å². The normalized spacial score (nSPS) is 11.4. The lowest BCUT2D eigenvalue weighted by atomic mass is 10.2. The first kappa shape index (κ1) is 19.4. The zero-order chi connectivity index (χ0) is 18.4. The molecule has 0 radical (unpaired) electrons. The molecule has 0 aromatic heterocycles. The van der Waals surface area contributed by atoms with Crippen molar-refractivity contribution in [1.29, 1.82) is 0 Å². The summed E-state index contributed by atoms with van der Waals surface area (Å²) in [5.74, 6) is 0. The Morgan fingerprint density at radius 3 is 1.80 bits per heavy atom. The Morgan fingerprint density at radius 2 is 1.36 bits per heavy atom. The molecule has 0 aliphatic rings. The lowest BCUT2D eigenvalue weighted by Gasteiger charge is -2.18. The molecule has 2 aromatic carbocycles. The number of nitrogens with zero attached hydrogens (tertiary/aromatic N) is 1. The van der Waals surface area contributed by atoms with Crippen molar-refractivity contribution in [1.82, 2.24) is 4.31 Å². The van der Waals surface area contributed by atoms with E-state index in [0.717, 1.165) is 11.4 Å². The molecule has 0 fully saturated rings. The average molecular weight is 378 g/mol. The number of nitrogens with one attached hydrogen (secondary N) is 2. The lowest BCUT2D eigenvalue weighted by molar-refractivity contribution is 0.445. The summed E-state index contributed by atoms with van der Waals surface area (Å²) < 4.78 is 26.4. The second-order valence-electron chi connectivity index (χ2n) is 5.56. The first-order valence-corrected chi connectivity index (χ1v) is 9.96. The average Bonchev–Trinajstić information content (AvgIpc) is 2.58. The van der Waals surface area contributed by atoms with E-state index >= 15 is 0 Å². The summed E-state index contributed by atoms with van der Waals surface area (Å²) in [6, 6.07) is 14.5. The molecule has 2 N–H and O–H groups in total. The molecule has 0 atom stereocenters. The van der Waals surface area contributed by atoms with Crippen LogP contribution in [0.15, 0.2) is 53.4 Å². The van der Waals surface area contributed by atoms with E-state index in [-0.39, 0.29) is 4.90 Å². The van der Waals surface area contributed by atoms with Gasteiger partial charge in [0, 0.05) is 24.5 Å². The Kier molecular flexibility index (Phi) is 6.52. The highest BCUT2D eigenvalue weighted by atomic mass is 32.2. The summed E-state index contributed by atoms with van der Waals surface area (Å²) in [6.07, 6.45) is 0. The second kappa shape index (κ2) is 8.42. The number of hydrogen-bond donors (Lipinski definition) is 2. The highest BCUT2D eigenvalue weighted by molar-refractivity contribution is 7.89. The van der Waals surface area contributed by atoms with Gasteiger partial charge in [0.2, 0.25) is 10.0 Å². The van der Waals surface area contributed by atoms with E-state index in [1.807, 2.05) is 45.0 Å². The Morgan fingerprint density at radius 1 is 0.920 bits per heavy atom. The maximum atomic E-state index is 12.5. The molecule has 0 saturated carbocycles. The van der Waals surface area contributed by atoms with Crippen LogP contribution in [-0.4, -0.2) is 30.9 Å². The fourth-order valence-electron chi connectivity index (χ4n) is 2.35. The highest BCUT2D eigenvalue weighted by Gasteiger charge is 2.21. The van der Waals surface area contributed by atoms with Crippen LogP contribution in [0.5, 0.6) is 0 Å². The number of benzene rings is 2. The van der Waals surface area contributed by atoms with Crippen LogP contribution in [-0.2, 0) is 10.0 Å². The Balaban J connectivity index is 2.05. The fraction of sp³-hybridized carbons (Fsp3) is 0.278. The van der Waals surface area contributed by atoms with E-state index in [1.54, 1.807) is 24.3 Å². The molecule has 0 saturated heterocycles. The summed E-state index contributed by atoms with van der Waals surface area (Å²) in [5, 5.41) is 6.59. The maximum Gasteiger partial charge on any atom is 0.243 e. The van der Waals surface area contributed by atoms with Gasteiger partial charge in [-0.05, 0) is 55.5 Å². The summed E-state index contributed by atoms with van der Waals surface area (Å²) in [5.41, 5.74) is 2.79. The number of hydrogen-bond acceptors (Lipinski definition) is 3. The molecule has 5 nitrogen and oxygen atoms in total. The van der Waals surface area contributed by atoms with E-state index in [1.165, 1.54) is 9.87 Å². The molecule has 2 aromatic rings. The molecule has 0 bridgehead atoms. The third-order valence-corrected chi connectivity index (χ3v) is 6.03. The number of rotatable bonds is 6. The molecule has 0 aliphatic carbocycles. The molecule has 25 heavy (non-hydrogen) atoms. The van der Waals surface area contributed by atoms with Crippen molar-refractivity contribution in [2.24, 2.45) is 0 Å². The van der Waals surface area contributed by atoms with Gasteiger partial charge >= 0.3 is 0 Å². The third-order valence-electron chi connectivity index (χ3n) is 3.76. The largest absolute Gasteiger partial charge is 0.332 e. The van der Waals surface area contributed by atoms with Crippen molar-refractivity contribution in [2.75, 3.05) is 23.7 Å². The summed E-state index contributed by atoms with van der Waals surface area (Å²) >= 11 is 5.29. The van der Waals surface area contributed by atoms with Gasteiger partial charge in [-0.25, -0.2) is 8.42 Å². The van der Waals surface area contributed by atoms with Gasteiger partial charge in [0.15, 0.2) is 5.11 Å². The maximum absolute atomic E-state index is 12.5. The predicted molar refractivity (Wildman–Crippen MR) is 108 cm³/mol. The molecule has 0 aliphatic heterocycles. The van der Waals surface area contributed by atoms with Crippen LogP contribution >= 0.6 is 12.2 Å². The minimum atomic E-state index is -3.44. The lowest BCUT2D eigenvalue weighted by Crippen LogP contribution is -2.30. The van der Waals surface area contributed by atoms with Crippen molar-refractivity contribution in [3.8, 4) is 0 Å². The third kappa shape index (κ3) is 5.01. The molecular weight excluding hydrogens is 354 g/mol. The molecule has 134 valence electrons. The van der Waals surface area contributed by atoms with Crippen LogP contribution in [0.4, 0.5) is 11.4 Å². The van der Waals surface area contributed by atoms with Crippen LogP contribution in [0, 0.1) is 6.92 Å². The smallest absolute Gasteiger partial charge is 0.243 e. The SMILES string of the molecule is CCN(CC)S(=O)(=O)c1ccc(NC(=S)Nc2ccc(C)cc2)cc1. The van der Waals surface area contributed by atoms with Crippen LogP contribution in [0.1, 0.15) is 19.4 Å². The topological polar surface area (TPSA) is 61.4 Å². The van der Waals surface area contributed by atoms with Gasteiger partial charge in [-0.1, -0.05) is 31.5 Å². The first-order chi connectivity index (χ1) is 11.9. The molecule has 0 heterocycles. The monoisotopic (exact) mass is 377 g/mol. The molecule has 0 amide bonds. The zero-order valence-corrected chi connectivity index (χ0v) is 16.2. The van der Waals surface area contributed by atoms with Gasteiger partial charge in [0.1, 0.15) is 0 Å². The van der Waals surface area contributed by atoms with E-state index < -0.39 is 10.0 Å². The van der Waals surface area contributed by atoms with Crippen LogP contribution in [0.3, 0.4) is 0 Å². The number of aryl methyl sites for hydroxylation is 1. The molecule has 7 heteroatoms. The minimum Gasteiger partial charge on any atom is -0.332 e. The van der Waals surface area contributed by atoms with Crippen LogP contribution < -0.4 is 10.6 Å². The van der Waals surface area contributed by atoms with Gasteiger partial charge in [0.05, 0.1) is 4.90 Å². The van der Waals surface area contributed by atoms with Crippen molar-refractivity contribution < 1.29 is 8.42 Å². The van der Waals surface area contributed by atoms with Crippen molar-refractivity contribution in [2.45, 2.75) is 25.7 Å². The Hall–Kier alpha value is -1.96. The number of anilines is 2. The quantitative estimate of drug-likeness (QED) is 0.749. The molecule has 0 unspecified atom stereocenters. The van der Waals surface area contributed by atoms with Crippen molar-refractivity contribution in [3.63, 3.8) is 0 Å². The predicted octanol–water partition coefficient (Wildman–Crippen LogP) is 3.83. The molecule has 0 spiro atoms. The van der Waals surface area contributed by atoms with Gasteiger partial charge in [0.25, 0.3) is 0 Å².